The van der Waals surface area contributed by atoms with Gasteiger partial charge in [-0.2, -0.15) is 0 Å². The molecular weight excluding hydrogens is 1030 g/mol. The van der Waals surface area contributed by atoms with Gasteiger partial charge < -0.3 is 10.1 Å². The van der Waals surface area contributed by atoms with E-state index < -0.39 is 0 Å². The molecule has 3 amide bonds. The zero-order chi connectivity index (χ0) is 56.2. The third kappa shape index (κ3) is 16.4. The van der Waals surface area contributed by atoms with Crippen molar-refractivity contribution in [3.63, 3.8) is 0 Å². The maximum atomic E-state index is 13.5. The van der Waals surface area contributed by atoms with E-state index in [1.54, 1.807) is 25.7 Å². The second-order valence-electron chi connectivity index (χ2n) is 23.3. The summed E-state index contributed by atoms with van der Waals surface area (Å²) in [4.78, 5) is 55.6. The van der Waals surface area contributed by atoms with E-state index in [1.807, 2.05) is 153 Å². The van der Waals surface area contributed by atoms with Gasteiger partial charge in [0.1, 0.15) is 23.2 Å². The molecule has 9 aromatic rings. The maximum absolute atomic E-state index is 13.5. The Bertz CT molecular complexity index is 3490. The van der Waals surface area contributed by atoms with Crippen LogP contribution in [0.15, 0.2) is 181 Å². The summed E-state index contributed by atoms with van der Waals surface area (Å²) < 4.78 is 6.41. The Morgan fingerprint density at radius 3 is 1.36 bits per heavy atom. The summed E-state index contributed by atoms with van der Waals surface area (Å²) in [6.45, 7) is 21.7. The zero-order valence-electron chi connectivity index (χ0n) is 47.0. The van der Waals surface area contributed by atoms with Crippen molar-refractivity contribution in [2.45, 2.75) is 102 Å². The zero-order valence-corrected chi connectivity index (χ0v) is 48.6. The quantitative estimate of drug-likeness (QED) is 0.129. The van der Waals surface area contributed by atoms with Crippen molar-refractivity contribution in [2.24, 2.45) is 16.2 Å². The number of halogens is 1. The van der Waals surface area contributed by atoms with Gasteiger partial charge in [0, 0.05) is 58.5 Å². The molecule has 0 radical (unpaired) electrons. The summed E-state index contributed by atoms with van der Waals surface area (Å²) in [6, 6.07) is 52.6. The number of carbonyl (C=O) groups is 3. The van der Waals surface area contributed by atoms with Crippen molar-refractivity contribution in [3.05, 3.63) is 197 Å². The number of ether oxygens (including phenoxy) is 1. The number of hydrogen-bond acceptors (Lipinski definition) is 7. The van der Waals surface area contributed by atoms with E-state index in [9.17, 15) is 14.4 Å². The maximum Gasteiger partial charge on any atom is 0.229 e. The number of anilines is 3. The highest BCUT2D eigenvalue weighted by Gasteiger charge is 2.27. The molecule has 0 aliphatic carbocycles. The number of fused-ring (bicyclic) bond motifs is 3. The topological polar surface area (TPSA) is 118 Å². The van der Waals surface area contributed by atoms with Gasteiger partial charge in [-0.05, 0) is 110 Å². The SMILES string of the molecule is CC(C)(C)CC(=O)N(Cc1ccc(Br)cc1)c1nccc2ccccc12.CC(C)(C)CC(=O)Nc1nccc2ccccc12.COc1ccc(-c2ccc(CN(C(=O)CC(C)(C)C)c3nccc4ccccc34)cc2)cc1C. The van der Waals surface area contributed by atoms with Crippen LogP contribution in [0, 0.1) is 23.2 Å². The minimum Gasteiger partial charge on any atom is -0.496 e. The molecule has 6 aromatic carbocycles. The molecule has 0 bridgehead atoms. The van der Waals surface area contributed by atoms with Crippen LogP contribution in [-0.4, -0.2) is 39.8 Å². The fourth-order valence-electron chi connectivity index (χ4n) is 8.99. The molecule has 0 aliphatic heterocycles. The highest BCUT2D eigenvalue weighted by Crippen LogP contribution is 2.33. The normalized spacial score (nSPS) is 11.5. The van der Waals surface area contributed by atoms with Gasteiger partial charge in [0.15, 0.2) is 0 Å². The molecule has 0 aliphatic rings. The van der Waals surface area contributed by atoms with Crippen LogP contribution in [-0.2, 0) is 27.5 Å². The molecule has 10 nitrogen and oxygen atoms in total. The number of benzene rings is 6. The Labute approximate surface area is 469 Å². The number of rotatable bonds is 12. The summed E-state index contributed by atoms with van der Waals surface area (Å²) in [5.74, 6) is 3.13. The third-order valence-corrected chi connectivity index (χ3v) is 13.2. The molecule has 3 aromatic heterocycles. The second kappa shape index (κ2) is 25.6. The van der Waals surface area contributed by atoms with Gasteiger partial charge in [-0.3, -0.25) is 24.2 Å². The van der Waals surface area contributed by atoms with Gasteiger partial charge in [-0.15, -0.1) is 0 Å². The highest BCUT2D eigenvalue weighted by molar-refractivity contribution is 9.10. The largest absolute Gasteiger partial charge is 0.496 e. The number of methoxy groups -OCH3 is 1. The average molecular weight is 1110 g/mol. The Kier molecular flexibility index (Phi) is 19.0. The van der Waals surface area contributed by atoms with E-state index >= 15 is 0 Å². The number of carbonyl (C=O) groups excluding carboxylic acids is 3. The van der Waals surface area contributed by atoms with Crippen LogP contribution >= 0.6 is 15.9 Å². The average Bonchev–Trinajstić information content (AvgIpc) is 3.39. The molecule has 0 saturated heterocycles. The highest BCUT2D eigenvalue weighted by atomic mass is 79.9. The Morgan fingerprint density at radius 1 is 0.500 bits per heavy atom. The minimum absolute atomic E-state index is 0.00588. The molecule has 0 atom stereocenters. The third-order valence-electron chi connectivity index (χ3n) is 12.7. The molecule has 0 saturated carbocycles. The lowest BCUT2D eigenvalue weighted by Crippen LogP contribution is -2.34. The van der Waals surface area contributed by atoms with Gasteiger partial charge in [0.05, 0.1) is 20.2 Å². The Hall–Kier alpha value is -7.76. The second-order valence-corrected chi connectivity index (χ2v) is 24.2. The van der Waals surface area contributed by atoms with Crippen molar-refractivity contribution in [1.29, 1.82) is 0 Å². The van der Waals surface area contributed by atoms with Crippen LogP contribution in [0.3, 0.4) is 0 Å². The number of aromatic nitrogens is 3. The van der Waals surface area contributed by atoms with Crippen LogP contribution in [0.4, 0.5) is 17.5 Å². The lowest BCUT2D eigenvalue weighted by molar-refractivity contribution is -0.121. The van der Waals surface area contributed by atoms with E-state index in [0.717, 1.165) is 76.2 Å². The fourth-order valence-corrected chi connectivity index (χ4v) is 9.26. The number of nitrogens with one attached hydrogen (secondary N) is 1. The van der Waals surface area contributed by atoms with Crippen molar-refractivity contribution in [2.75, 3.05) is 22.2 Å². The number of nitrogens with zero attached hydrogens (tertiary/aromatic N) is 5. The number of hydrogen-bond donors (Lipinski definition) is 1. The molecule has 0 fully saturated rings. The predicted molar refractivity (Wildman–Crippen MR) is 326 cm³/mol. The summed E-state index contributed by atoms with van der Waals surface area (Å²) in [6.07, 6.45) is 6.67. The molecule has 1 N–H and O–H groups in total. The van der Waals surface area contributed by atoms with Crippen LogP contribution in [0.2, 0.25) is 0 Å². The summed E-state index contributed by atoms with van der Waals surface area (Å²) in [7, 11) is 1.69. The number of pyridine rings is 3. The van der Waals surface area contributed by atoms with E-state index in [0.29, 0.717) is 44.0 Å². The molecule has 0 spiro atoms. The van der Waals surface area contributed by atoms with Crippen LogP contribution in [0.25, 0.3) is 43.4 Å². The summed E-state index contributed by atoms with van der Waals surface area (Å²) >= 11 is 3.46. The molecule has 78 heavy (non-hydrogen) atoms. The smallest absolute Gasteiger partial charge is 0.229 e. The number of aryl methyl sites for hydroxylation is 1. The van der Waals surface area contributed by atoms with E-state index in [-0.39, 0.29) is 34.0 Å². The van der Waals surface area contributed by atoms with Gasteiger partial charge in [0.2, 0.25) is 17.7 Å². The van der Waals surface area contributed by atoms with Gasteiger partial charge >= 0.3 is 0 Å². The molecule has 3 heterocycles. The molecule has 402 valence electrons. The predicted octanol–water partition coefficient (Wildman–Crippen LogP) is 16.8. The lowest BCUT2D eigenvalue weighted by Gasteiger charge is -2.27. The number of amides is 3. The standard InChI is InChI=1S/C30H32N2O2.C22H23BrN2O.C15H18N2O/c1-21-18-25(14-15-27(21)34-5)23-12-10-22(11-13-23)20-32(28(33)19-30(2,3)4)29-26-9-7-6-8-24(26)16-17-31-29;1-22(2,3)14-20(26)25(15-16-8-10-18(23)11-9-16)21-19-7-5-4-6-17(19)12-13-24-21;1-15(2,3)10-13(18)17-14-12-7-5-4-6-11(12)8-9-16-14/h6-18H,19-20H2,1-5H3;4-13H,14-15H2,1-3H3;4-9H,10H2,1-3H3,(H,16,17,18). The van der Waals surface area contributed by atoms with Gasteiger partial charge in [0.25, 0.3) is 0 Å². The van der Waals surface area contributed by atoms with Crippen molar-refractivity contribution in [3.8, 4) is 16.9 Å². The van der Waals surface area contributed by atoms with Crippen molar-refractivity contribution in [1.82, 2.24) is 15.0 Å². The van der Waals surface area contributed by atoms with Gasteiger partial charge in [-0.1, -0.05) is 194 Å². The Morgan fingerprint density at radius 2 is 0.910 bits per heavy atom. The summed E-state index contributed by atoms with van der Waals surface area (Å²) in [5.41, 5.74) is 5.29. The first-order chi connectivity index (χ1) is 37.0. The van der Waals surface area contributed by atoms with E-state index in [4.69, 9.17) is 4.74 Å². The lowest BCUT2D eigenvalue weighted by atomic mass is 9.91. The molecular formula is C67H73BrN6O4. The first-order valence-electron chi connectivity index (χ1n) is 26.4. The van der Waals surface area contributed by atoms with E-state index in [1.165, 1.54) is 0 Å². The van der Waals surface area contributed by atoms with Crippen LogP contribution < -0.4 is 19.9 Å². The fraction of sp³-hybridized carbons (Fsp3) is 0.284. The van der Waals surface area contributed by atoms with Crippen LogP contribution in [0.1, 0.15) is 98.3 Å². The van der Waals surface area contributed by atoms with Crippen molar-refractivity contribution >= 4 is 83.4 Å². The molecule has 9 rings (SSSR count). The van der Waals surface area contributed by atoms with Crippen molar-refractivity contribution < 1.29 is 19.1 Å². The van der Waals surface area contributed by atoms with Gasteiger partial charge in [-0.25, -0.2) is 15.0 Å². The Balaban J connectivity index is 0.000000178. The molecule has 0 unspecified atom stereocenters. The minimum atomic E-state index is -0.115. The van der Waals surface area contributed by atoms with E-state index in [2.05, 4.69) is 120 Å². The molecule has 11 heteroatoms. The first-order valence-corrected chi connectivity index (χ1v) is 27.2. The van der Waals surface area contributed by atoms with Crippen LogP contribution in [0.5, 0.6) is 5.75 Å². The monoisotopic (exact) mass is 1100 g/mol. The first kappa shape index (κ1) is 57.9. The summed E-state index contributed by atoms with van der Waals surface area (Å²) in [5, 5.41) is 9.09.